The summed E-state index contributed by atoms with van der Waals surface area (Å²) in [6.45, 7) is 5.81. The number of hydrogen-bond acceptors (Lipinski definition) is 11. The Hall–Kier alpha value is -3.39. The lowest BCUT2D eigenvalue weighted by Crippen LogP contribution is -2.54. The van der Waals surface area contributed by atoms with Gasteiger partial charge in [-0.15, -0.1) is 0 Å². The number of rotatable bonds is 21. The molecule has 4 amide bonds. The highest BCUT2D eigenvalue weighted by Crippen LogP contribution is 2.32. The topological polar surface area (TPSA) is 159 Å². The third-order valence-corrected chi connectivity index (χ3v) is 6.62. The molecule has 13 nitrogen and oxygen atoms in total. The van der Waals surface area contributed by atoms with Crippen molar-refractivity contribution < 1.29 is 47.7 Å². The Morgan fingerprint density at radius 1 is 0.881 bits per heavy atom. The number of fused-ring (bicyclic) bond motifs is 1. The second-order valence-corrected chi connectivity index (χ2v) is 9.73. The number of esters is 1. The molecule has 3 rings (SSSR count). The van der Waals surface area contributed by atoms with Gasteiger partial charge in [-0.1, -0.05) is 25.8 Å². The number of imide groups is 2. The molecule has 0 radical (unpaired) electrons. The second kappa shape index (κ2) is 18.2. The Morgan fingerprint density at radius 3 is 2.17 bits per heavy atom. The van der Waals surface area contributed by atoms with Crippen LogP contribution in [0.1, 0.15) is 66.2 Å². The normalized spacial score (nSPS) is 16.5. The fourth-order valence-electron chi connectivity index (χ4n) is 4.49. The maximum absolute atomic E-state index is 13.1. The smallest absolute Gasteiger partial charge is 0.305 e. The van der Waals surface area contributed by atoms with Gasteiger partial charge in [-0.3, -0.25) is 34.2 Å². The van der Waals surface area contributed by atoms with Gasteiger partial charge in [0.1, 0.15) is 12.6 Å². The van der Waals surface area contributed by atoms with Crippen molar-refractivity contribution in [3.8, 4) is 0 Å². The number of piperidine rings is 1. The van der Waals surface area contributed by atoms with E-state index in [1.54, 1.807) is 18.2 Å². The molecule has 2 aliphatic rings. The van der Waals surface area contributed by atoms with E-state index in [2.05, 4.69) is 17.6 Å². The first-order chi connectivity index (χ1) is 20.4. The number of carbonyl (C=O) groups is 5. The Kier molecular flexibility index (Phi) is 14.4. The van der Waals surface area contributed by atoms with Crippen LogP contribution >= 0.6 is 0 Å². The molecule has 1 atom stereocenters. The van der Waals surface area contributed by atoms with Crippen LogP contribution in [0.3, 0.4) is 0 Å². The van der Waals surface area contributed by atoms with Crippen molar-refractivity contribution in [1.29, 1.82) is 0 Å². The van der Waals surface area contributed by atoms with Crippen molar-refractivity contribution in [1.82, 2.24) is 10.2 Å². The molecule has 2 aliphatic heterocycles. The average Bonchev–Trinajstić information content (AvgIpc) is 3.23. The number of carbonyl (C=O) groups excluding carboxylic acids is 5. The van der Waals surface area contributed by atoms with Crippen molar-refractivity contribution in [2.75, 3.05) is 71.3 Å². The van der Waals surface area contributed by atoms with Gasteiger partial charge in [0.25, 0.3) is 11.8 Å². The lowest BCUT2D eigenvalue weighted by Gasteiger charge is -2.27. The maximum atomic E-state index is 13.1. The van der Waals surface area contributed by atoms with E-state index in [-0.39, 0.29) is 36.5 Å². The van der Waals surface area contributed by atoms with Gasteiger partial charge < -0.3 is 29.0 Å². The zero-order valence-electron chi connectivity index (χ0n) is 24.2. The number of nitrogens with zero attached hydrogens (tertiary/aromatic N) is 1. The molecule has 232 valence electrons. The molecule has 2 N–H and O–H groups in total. The van der Waals surface area contributed by atoms with E-state index < -0.39 is 29.7 Å². The predicted molar refractivity (Wildman–Crippen MR) is 150 cm³/mol. The lowest BCUT2D eigenvalue weighted by molar-refractivity contribution is -0.145. The highest BCUT2D eigenvalue weighted by atomic mass is 16.6. The first kappa shape index (κ1) is 33.1. The zero-order valence-corrected chi connectivity index (χ0v) is 24.2. The van der Waals surface area contributed by atoms with E-state index in [4.69, 9.17) is 23.7 Å². The maximum Gasteiger partial charge on any atom is 0.305 e. The first-order valence-corrected chi connectivity index (χ1v) is 14.5. The summed E-state index contributed by atoms with van der Waals surface area (Å²) in [5, 5.41) is 5.31. The van der Waals surface area contributed by atoms with Gasteiger partial charge in [0.2, 0.25) is 11.8 Å². The first-order valence-electron chi connectivity index (χ1n) is 14.5. The summed E-state index contributed by atoms with van der Waals surface area (Å²) in [5.74, 6) is -2.35. The molecular weight excluding hydrogens is 550 g/mol. The van der Waals surface area contributed by atoms with Crippen LogP contribution in [-0.2, 0) is 38.1 Å². The van der Waals surface area contributed by atoms with Crippen LogP contribution in [0.4, 0.5) is 5.69 Å². The summed E-state index contributed by atoms with van der Waals surface area (Å²) in [6, 6.07) is 3.90. The van der Waals surface area contributed by atoms with Crippen LogP contribution in [0.25, 0.3) is 0 Å². The Balaban J connectivity index is 1.19. The van der Waals surface area contributed by atoms with Gasteiger partial charge in [0, 0.05) is 25.1 Å². The molecule has 1 aromatic rings. The molecule has 1 saturated heterocycles. The van der Waals surface area contributed by atoms with Crippen molar-refractivity contribution in [3.63, 3.8) is 0 Å². The molecular formula is C29H41N3O10. The molecule has 1 fully saturated rings. The van der Waals surface area contributed by atoms with Crippen LogP contribution in [-0.4, -0.2) is 107 Å². The summed E-state index contributed by atoms with van der Waals surface area (Å²) in [7, 11) is 0. The monoisotopic (exact) mass is 591 g/mol. The Morgan fingerprint density at radius 2 is 1.52 bits per heavy atom. The van der Waals surface area contributed by atoms with Gasteiger partial charge in [-0.25, -0.2) is 0 Å². The average molecular weight is 592 g/mol. The minimum absolute atomic E-state index is 0.0678. The summed E-state index contributed by atoms with van der Waals surface area (Å²) in [6.07, 6.45) is 3.58. The minimum Gasteiger partial charge on any atom is -0.463 e. The van der Waals surface area contributed by atoms with Gasteiger partial charge in [-0.05, 0) is 25.0 Å². The van der Waals surface area contributed by atoms with Crippen molar-refractivity contribution in [3.05, 3.63) is 29.3 Å². The molecule has 1 unspecified atom stereocenters. The number of anilines is 1. The molecule has 1 aromatic carbocycles. The van der Waals surface area contributed by atoms with Crippen LogP contribution < -0.4 is 10.6 Å². The third-order valence-electron chi connectivity index (χ3n) is 6.62. The number of hydrogen-bond donors (Lipinski definition) is 2. The van der Waals surface area contributed by atoms with Gasteiger partial charge >= 0.3 is 5.97 Å². The molecule has 13 heteroatoms. The Bertz CT molecular complexity index is 1080. The summed E-state index contributed by atoms with van der Waals surface area (Å²) in [4.78, 5) is 62.1. The quantitative estimate of drug-likeness (QED) is 0.122. The predicted octanol–water partition coefficient (Wildman–Crippen LogP) is 1.69. The lowest BCUT2D eigenvalue weighted by atomic mass is 10.0. The van der Waals surface area contributed by atoms with E-state index in [9.17, 15) is 24.0 Å². The van der Waals surface area contributed by atoms with Gasteiger partial charge in [0.15, 0.2) is 0 Å². The second-order valence-electron chi connectivity index (χ2n) is 9.73. The van der Waals surface area contributed by atoms with E-state index in [1.165, 1.54) is 0 Å². The standard InChI is InChI=1S/C29H41N3O10/c1-2-3-4-8-25(34)42-20-19-41-18-17-40-16-15-39-14-13-38-12-11-30-22-7-5-6-21-26(22)29(37)32(28(21)36)23-9-10-24(33)31-27(23)35/h5-7,23,30H,2-4,8-20H2,1H3,(H,31,33,35). The highest BCUT2D eigenvalue weighted by molar-refractivity contribution is 6.25. The third kappa shape index (κ3) is 10.2. The minimum atomic E-state index is -1.01. The van der Waals surface area contributed by atoms with Crippen molar-refractivity contribution >= 4 is 35.3 Å². The number of unbranched alkanes of at least 4 members (excludes halogenated alkanes) is 2. The number of amides is 4. The Labute approximate surface area is 245 Å². The molecule has 0 bridgehead atoms. The number of benzene rings is 1. The molecule has 2 heterocycles. The molecule has 0 spiro atoms. The fraction of sp³-hybridized carbons (Fsp3) is 0.621. The molecule has 0 aromatic heterocycles. The number of ether oxygens (including phenoxy) is 5. The van der Waals surface area contributed by atoms with Crippen LogP contribution in [0.5, 0.6) is 0 Å². The van der Waals surface area contributed by atoms with E-state index in [1.807, 2.05) is 0 Å². The molecule has 0 aliphatic carbocycles. The van der Waals surface area contributed by atoms with Gasteiger partial charge in [-0.2, -0.15) is 0 Å². The summed E-state index contributed by atoms with van der Waals surface area (Å²) >= 11 is 0. The zero-order chi connectivity index (χ0) is 30.2. The molecule has 0 saturated carbocycles. The fourth-order valence-corrected chi connectivity index (χ4v) is 4.49. The largest absolute Gasteiger partial charge is 0.463 e. The number of nitrogens with one attached hydrogen (secondary N) is 2. The van der Waals surface area contributed by atoms with Gasteiger partial charge in [0.05, 0.1) is 64.0 Å². The summed E-state index contributed by atoms with van der Waals surface area (Å²) in [5.41, 5.74) is 0.906. The SMILES string of the molecule is CCCCCC(=O)OCCOCCOCCOCCOCCNc1cccc2c1C(=O)N(C1CCC(=O)NC1=O)C2=O. The van der Waals surface area contributed by atoms with Crippen molar-refractivity contribution in [2.24, 2.45) is 0 Å². The molecule has 42 heavy (non-hydrogen) atoms. The van der Waals surface area contributed by atoms with Crippen molar-refractivity contribution in [2.45, 2.75) is 51.5 Å². The van der Waals surface area contributed by atoms with Crippen LogP contribution in [0.2, 0.25) is 0 Å². The summed E-state index contributed by atoms with van der Waals surface area (Å²) < 4.78 is 26.9. The van der Waals surface area contributed by atoms with Crippen LogP contribution in [0.15, 0.2) is 18.2 Å². The van der Waals surface area contributed by atoms with E-state index >= 15 is 0 Å². The highest BCUT2D eigenvalue weighted by Gasteiger charge is 2.45. The van der Waals surface area contributed by atoms with E-state index in [0.29, 0.717) is 71.5 Å². The van der Waals surface area contributed by atoms with E-state index in [0.717, 1.165) is 24.2 Å². The van der Waals surface area contributed by atoms with Crippen LogP contribution in [0, 0.1) is 0 Å².